The van der Waals surface area contributed by atoms with Crippen LogP contribution >= 0.6 is 11.6 Å². The molecule has 2 aliphatic heterocycles. The summed E-state index contributed by atoms with van der Waals surface area (Å²) in [6.45, 7) is 0.892. The summed E-state index contributed by atoms with van der Waals surface area (Å²) in [5.74, 6) is 0.678. The summed E-state index contributed by atoms with van der Waals surface area (Å²) < 4.78 is 13.2. The Bertz CT molecular complexity index is 1470. The maximum Gasteiger partial charge on any atom is 0.416 e. The van der Waals surface area contributed by atoms with E-state index in [1.807, 2.05) is 0 Å². The molecule has 1 aromatic carbocycles. The van der Waals surface area contributed by atoms with Gasteiger partial charge in [-0.05, 0) is 24.3 Å². The summed E-state index contributed by atoms with van der Waals surface area (Å²) in [5.41, 5.74) is -0.487. The normalized spacial score (nSPS) is 17.2. The number of pyridine rings is 1. The zero-order chi connectivity index (χ0) is 24.7. The van der Waals surface area contributed by atoms with Crippen LogP contribution in [0.3, 0.4) is 0 Å². The Morgan fingerprint density at radius 1 is 1.20 bits per heavy atom. The van der Waals surface area contributed by atoms with Gasteiger partial charge in [0.2, 0.25) is 0 Å². The predicted octanol–water partition coefficient (Wildman–Crippen LogP) is 0.695. The lowest BCUT2D eigenvalue weighted by Gasteiger charge is -2.19. The van der Waals surface area contributed by atoms with E-state index in [0.717, 1.165) is 4.57 Å². The minimum atomic E-state index is -0.566. The number of rotatable bonds is 6. The third kappa shape index (κ3) is 4.21. The van der Waals surface area contributed by atoms with Gasteiger partial charge in [-0.15, -0.1) is 0 Å². The van der Waals surface area contributed by atoms with Crippen molar-refractivity contribution in [3.8, 4) is 5.75 Å². The fraction of sp³-hybridized carbons (Fsp3) is 0.318. The van der Waals surface area contributed by atoms with Crippen molar-refractivity contribution < 1.29 is 19.1 Å². The number of carbonyl (C=O) groups is 2. The Hall–Kier alpha value is -3.90. The molecule has 0 saturated carbocycles. The molecule has 1 unspecified atom stereocenters. The number of nitrogens with zero attached hydrogens (tertiary/aromatic N) is 4. The summed E-state index contributed by atoms with van der Waals surface area (Å²) in [6, 6.07) is 8.17. The number of para-hydroxylation sites is 1. The lowest BCUT2D eigenvalue weighted by Crippen LogP contribution is -2.42. The molecule has 13 heteroatoms. The van der Waals surface area contributed by atoms with Gasteiger partial charge in [-0.3, -0.25) is 23.6 Å². The summed E-state index contributed by atoms with van der Waals surface area (Å²) in [4.78, 5) is 55.1. The highest BCUT2D eigenvalue weighted by Gasteiger charge is 2.33. The number of fused-ring (bicyclic) bond motifs is 2. The van der Waals surface area contributed by atoms with Crippen molar-refractivity contribution in [1.29, 1.82) is 0 Å². The van der Waals surface area contributed by atoms with Crippen molar-refractivity contribution in [2.75, 3.05) is 36.5 Å². The largest absolute Gasteiger partial charge is 0.480 e. The van der Waals surface area contributed by atoms with Crippen molar-refractivity contribution in [2.24, 2.45) is 7.05 Å². The Morgan fingerprint density at radius 3 is 2.86 bits per heavy atom. The number of anilines is 2. The van der Waals surface area contributed by atoms with Crippen molar-refractivity contribution >= 4 is 46.1 Å². The van der Waals surface area contributed by atoms with Gasteiger partial charge in [-0.25, -0.2) is 14.6 Å². The molecule has 2 amide bonds. The van der Waals surface area contributed by atoms with Crippen LogP contribution < -0.4 is 31.5 Å². The highest BCUT2D eigenvalue weighted by atomic mass is 35.5. The van der Waals surface area contributed by atoms with E-state index in [2.05, 4.69) is 15.6 Å². The van der Waals surface area contributed by atoms with E-state index in [1.54, 1.807) is 37.4 Å². The van der Waals surface area contributed by atoms with Crippen LogP contribution in [0.5, 0.6) is 5.75 Å². The van der Waals surface area contributed by atoms with E-state index >= 15 is 0 Å². The van der Waals surface area contributed by atoms with Gasteiger partial charge in [-0.1, -0.05) is 17.7 Å². The molecular formula is C22H21ClN6O6. The number of cyclic esters (lactones) is 1. The minimum absolute atomic E-state index is 0.0846. The third-order valence-corrected chi connectivity index (χ3v) is 6.12. The second kappa shape index (κ2) is 9.04. The topological polar surface area (TPSA) is 137 Å². The van der Waals surface area contributed by atoms with Gasteiger partial charge in [0.25, 0.3) is 11.5 Å². The molecule has 1 saturated heterocycles. The van der Waals surface area contributed by atoms with Crippen LogP contribution in [-0.4, -0.2) is 58.5 Å². The van der Waals surface area contributed by atoms with Crippen LogP contribution in [0.15, 0.2) is 39.9 Å². The van der Waals surface area contributed by atoms with Crippen LogP contribution in [0.2, 0.25) is 5.02 Å². The lowest BCUT2D eigenvalue weighted by molar-refractivity contribution is -0.118. The molecule has 2 aliphatic rings. The first-order valence-corrected chi connectivity index (χ1v) is 11.2. The van der Waals surface area contributed by atoms with E-state index in [1.165, 1.54) is 9.47 Å². The van der Waals surface area contributed by atoms with Crippen molar-refractivity contribution in [3.05, 3.63) is 56.2 Å². The van der Waals surface area contributed by atoms with Gasteiger partial charge in [-0.2, -0.15) is 0 Å². The number of benzene rings is 1. The second-order valence-corrected chi connectivity index (χ2v) is 8.52. The molecule has 0 aliphatic carbocycles. The van der Waals surface area contributed by atoms with Crippen molar-refractivity contribution in [2.45, 2.75) is 12.6 Å². The summed E-state index contributed by atoms with van der Waals surface area (Å²) in [7, 11) is 1.57. The van der Waals surface area contributed by atoms with Gasteiger partial charge in [0.05, 0.1) is 22.5 Å². The first-order valence-electron chi connectivity index (χ1n) is 10.8. The molecule has 2 N–H and O–H groups in total. The maximum absolute atomic E-state index is 12.8. The fourth-order valence-electron chi connectivity index (χ4n) is 4.11. The molecule has 0 bridgehead atoms. The zero-order valence-corrected chi connectivity index (χ0v) is 19.4. The average molecular weight is 501 g/mol. The maximum atomic E-state index is 12.8. The molecule has 3 aromatic rings. The van der Waals surface area contributed by atoms with Gasteiger partial charge in [0.15, 0.2) is 18.2 Å². The first kappa shape index (κ1) is 22.9. The summed E-state index contributed by atoms with van der Waals surface area (Å²) in [6.07, 6.45) is -1.04. The van der Waals surface area contributed by atoms with E-state index in [9.17, 15) is 19.2 Å². The molecule has 12 nitrogen and oxygen atoms in total. The second-order valence-electron chi connectivity index (χ2n) is 8.11. The summed E-state index contributed by atoms with van der Waals surface area (Å²) >= 11 is 6.17. The fourth-order valence-corrected chi connectivity index (χ4v) is 4.41. The molecule has 5 rings (SSSR count). The van der Waals surface area contributed by atoms with Gasteiger partial charge < -0.3 is 20.1 Å². The van der Waals surface area contributed by atoms with E-state index < -0.39 is 23.4 Å². The molecule has 35 heavy (non-hydrogen) atoms. The highest BCUT2D eigenvalue weighted by Crippen LogP contribution is 2.30. The molecule has 1 atom stereocenters. The number of halogens is 1. The Labute approximate surface area is 203 Å². The van der Waals surface area contributed by atoms with Crippen molar-refractivity contribution in [1.82, 2.24) is 19.4 Å². The molecule has 2 aromatic heterocycles. The van der Waals surface area contributed by atoms with Crippen LogP contribution in [0, 0.1) is 0 Å². The average Bonchev–Trinajstić information content (AvgIpc) is 3.21. The number of aromatic nitrogens is 3. The molecule has 0 radical (unpaired) electrons. The molecule has 0 spiro atoms. The Balaban J connectivity index is 1.22. The van der Waals surface area contributed by atoms with Gasteiger partial charge in [0.1, 0.15) is 11.9 Å². The van der Waals surface area contributed by atoms with Crippen molar-refractivity contribution in [3.63, 3.8) is 0 Å². The summed E-state index contributed by atoms with van der Waals surface area (Å²) in [5, 5.41) is 6.42. The van der Waals surface area contributed by atoms with Crippen LogP contribution in [0.25, 0.3) is 10.9 Å². The number of carbonyl (C=O) groups excluding carboxylic acids is 2. The van der Waals surface area contributed by atoms with E-state index in [4.69, 9.17) is 21.1 Å². The molecule has 1 fully saturated rings. The first-order chi connectivity index (χ1) is 16.8. The predicted molar refractivity (Wildman–Crippen MR) is 127 cm³/mol. The van der Waals surface area contributed by atoms with Gasteiger partial charge >= 0.3 is 11.8 Å². The quantitative estimate of drug-likeness (QED) is 0.472. The van der Waals surface area contributed by atoms with E-state index in [0.29, 0.717) is 40.6 Å². The lowest BCUT2D eigenvalue weighted by atomic mass is 10.2. The third-order valence-electron chi connectivity index (χ3n) is 5.81. The number of hydrogen-bond acceptors (Lipinski definition) is 8. The van der Waals surface area contributed by atoms with Crippen LogP contribution in [0.4, 0.5) is 16.4 Å². The zero-order valence-electron chi connectivity index (χ0n) is 18.6. The number of aryl methyl sites for hydroxylation is 1. The molecule has 182 valence electrons. The number of amides is 2. The van der Waals surface area contributed by atoms with E-state index in [-0.39, 0.29) is 31.4 Å². The molecule has 4 heterocycles. The standard InChI is InChI=1S/C22H21ClN6O6/c1-27-18-13(3-2-4-14(18)23)20(31)28(21(27)32)8-7-24-9-12-10-29(22(33)35-12)16-6-5-15-19(25-16)26-17(30)11-34-15/h2-6,12,24H,7-11H2,1H3,(H,25,26,30). The Kier molecular flexibility index (Phi) is 5.91. The molecular weight excluding hydrogens is 480 g/mol. The minimum Gasteiger partial charge on any atom is -0.480 e. The Morgan fingerprint density at radius 2 is 2.03 bits per heavy atom. The number of ether oxygens (including phenoxy) is 2. The van der Waals surface area contributed by atoms with Gasteiger partial charge in [0, 0.05) is 26.7 Å². The SMILES string of the molecule is Cn1c(=O)n(CCNCC2CN(c3ccc4c(n3)NC(=O)CO4)C(=O)O2)c(=O)c2cccc(Cl)c21. The van der Waals surface area contributed by atoms with Crippen LogP contribution in [-0.2, 0) is 23.1 Å². The number of nitrogens with one attached hydrogen (secondary N) is 2. The highest BCUT2D eigenvalue weighted by molar-refractivity contribution is 6.35. The number of hydrogen-bond donors (Lipinski definition) is 2. The smallest absolute Gasteiger partial charge is 0.416 e. The van der Waals surface area contributed by atoms with Crippen LogP contribution in [0.1, 0.15) is 0 Å². The monoisotopic (exact) mass is 500 g/mol.